The number of likely N-dealkylation sites (tertiary alicyclic amines) is 1. The van der Waals surface area contributed by atoms with Gasteiger partial charge in [-0.1, -0.05) is 12.2 Å². The van der Waals surface area contributed by atoms with E-state index in [1.54, 1.807) is 4.90 Å². The predicted octanol–water partition coefficient (Wildman–Crippen LogP) is 3.37. The Morgan fingerprint density at radius 1 is 1.32 bits per heavy atom. The van der Waals surface area contributed by atoms with Gasteiger partial charge in [-0.05, 0) is 47.5 Å². The van der Waals surface area contributed by atoms with Crippen LogP contribution in [0.15, 0.2) is 12.2 Å². The lowest BCUT2D eigenvalue weighted by Crippen LogP contribution is -2.48. The van der Waals surface area contributed by atoms with Crippen LogP contribution in [-0.2, 0) is 9.47 Å². The molecule has 1 aliphatic rings. The highest BCUT2D eigenvalue weighted by atomic mass is 16.6. The van der Waals surface area contributed by atoms with E-state index in [0.717, 1.165) is 18.4 Å². The molecular weight excluding hydrogens is 242 g/mol. The lowest BCUT2D eigenvalue weighted by Gasteiger charge is -2.39. The van der Waals surface area contributed by atoms with E-state index in [-0.39, 0.29) is 11.7 Å². The topological polar surface area (TPSA) is 38.8 Å². The van der Waals surface area contributed by atoms with Crippen LogP contribution in [-0.4, -0.2) is 41.9 Å². The molecule has 4 heteroatoms. The van der Waals surface area contributed by atoms with Crippen molar-refractivity contribution in [2.24, 2.45) is 0 Å². The molecule has 0 aromatic rings. The first-order chi connectivity index (χ1) is 8.61. The molecule has 0 spiro atoms. The van der Waals surface area contributed by atoms with Crippen LogP contribution in [0.2, 0.25) is 0 Å². The van der Waals surface area contributed by atoms with Crippen LogP contribution >= 0.6 is 0 Å². The number of nitrogens with zero attached hydrogens (tertiary/aromatic N) is 1. The molecule has 0 aliphatic carbocycles. The average molecular weight is 269 g/mol. The minimum absolute atomic E-state index is 0.155. The normalized spacial score (nSPS) is 19.1. The Labute approximate surface area is 116 Å². The summed E-state index contributed by atoms with van der Waals surface area (Å²) in [5.74, 6) is 0. The van der Waals surface area contributed by atoms with Gasteiger partial charge >= 0.3 is 6.09 Å². The number of carbonyl (C=O) groups excluding carboxylic acids is 1. The number of hydrogen-bond donors (Lipinski definition) is 0. The summed E-state index contributed by atoms with van der Waals surface area (Å²) in [6.07, 6.45) is 1.44. The first-order valence-electron chi connectivity index (χ1n) is 6.88. The third-order valence-corrected chi connectivity index (χ3v) is 3.14. The summed E-state index contributed by atoms with van der Waals surface area (Å²) in [7, 11) is 0. The van der Waals surface area contributed by atoms with E-state index in [4.69, 9.17) is 9.47 Å². The van der Waals surface area contributed by atoms with Crippen LogP contribution in [0.5, 0.6) is 0 Å². The lowest BCUT2D eigenvalue weighted by molar-refractivity contribution is -0.0640. The van der Waals surface area contributed by atoms with Gasteiger partial charge in [-0.15, -0.1) is 0 Å². The zero-order chi connectivity index (χ0) is 14.7. The number of carbonyl (C=O) groups is 1. The standard InChI is InChI=1S/C15H27NO3/c1-12(2)11-18-15(6)7-9-16(10-8-15)13(17)19-14(3,4)5/h1,7-11H2,2-6H3. The van der Waals surface area contributed by atoms with Crippen LogP contribution in [0.25, 0.3) is 0 Å². The van der Waals surface area contributed by atoms with Crippen molar-refractivity contribution in [2.75, 3.05) is 19.7 Å². The number of amides is 1. The van der Waals surface area contributed by atoms with E-state index in [0.29, 0.717) is 19.7 Å². The molecule has 0 saturated carbocycles. The van der Waals surface area contributed by atoms with E-state index >= 15 is 0 Å². The fourth-order valence-electron chi connectivity index (χ4n) is 1.93. The van der Waals surface area contributed by atoms with Crippen molar-refractivity contribution in [3.8, 4) is 0 Å². The van der Waals surface area contributed by atoms with Gasteiger partial charge < -0.3 is 14.4 Å². The minimum Gasteiger partial charge on any atom is -0.444 e. The maximum Gasteiger partial charge on any atom is 0.410 e. The highest BCUT2D eigenvalue weighted by Gasteiger charge is 2.34. The predicted molar refractivity (Wildman–Crippen MR) is 76.2 cm³/mol. The second-order valence-corrected chi connectivity index (χ2v) is 6.66. The third kappa shape index (κ3) is 5.64. The summed E-state index contributed by atoms with van der Waals surface area (Å²) in [6.45, 7) is 15.5. The van der Waals surface area contributed by atoms with Gasteiger partial charge in [0.05, 0.1) is 12.2 Å². The SMILES string of the molecule is C=C(C)COC1(C)CCN(C(=O)OC(C)(C)C)CC1. The Morgan fingerprint density at radius 2 is 1.84 bits per heavy atom. The fourth-order valence-corrected chi connectivity index (χ4v) is 1.93. The number of hydrogen-bond acceptors (Lipinski definition) is 3. The van der Waals surface area contributed by atoms with Gasteiger partial charge in [-0.25, -0.2) is 4.79 Å². The van der Waals surface area contributed by atoms with Crippen molar-refractivity contribution in [3.05, 3.63) is 12.2 Å². The Hall–Kier alpha value is -1.03. The summed E-state index contributed by atoms with van der Waals surface area (Å²) in [6, 6.07) is 0. The second kappa shape index (κ2) is 5.95. The molecule has 1 saturated heterocycles. The molecule has 19 heavy (non-hydrogen) atoms. The zero-order valence-corrected chi connectivity index (χ0v) is 12.9. The maximum atomic E-state index is 11.9. The van der Waals surface area contributed by atoms with Crippen molar-refractivity contribution < 1.29 is 14.3 Å². The smallest absolute Gasteiger partial charge is 0.410 e. The highest BCUT2D eigenvalue weighted by Crippen LogP contribution is 2.27. The molecule has 0 radical (unpaired) electrons. The first kappa shape index (κ1) is 16.0. The average Bonchev–Trinajstić information content (AvgIpc) is 2.25. The van der Waals surface area contributed by atoms with Crippen molar-refractivity contribution in [2.45, 2.75) is 58.7 Å². The summed E-state index contributed by atoms with van der Waals surface area (Å²) >= 11 is 0. The molecule has 1 heterocycles. The second-order valence-electron chi connectivity index (χ2n) is 6.66. The molecule has 0 N–H and O–H groups in total. The summed E-state index contributed by atoms with van der Waals surface area (Å²) in [4.78, 5) is 13.7. The molecule has 1 rings (SSSR count). The van der Waals surface area contributed by atoms with Crippen molar-refractivity contribution in [1.82, 2.24) is 4.90 Å². The molecule has 4 nitrogen and oxygen atoms in total. The van der Waals surface area contributed by atoms with E-state index in [1.807, 2.05) is 27.7 Å². The minimum atomic E-state index is -0.436. The molecule has 0 unspecified atom stereocenters. The van der Waals surface area contributed by atoms with Crippen molar-refractivity contribution >= 4 is 6.09 Å². The maximum absolute atomic E-state index is 11.9. The van der Waals surface area contributed by atoms with Crippen LogP contribution in [0.3, 0.4) is 0 Å². The van der Waals surface area contributed by atoms with Gasteiger partial charge in [-0.2, -0.15) is 0 Å². The molecular formula is C15H27NO3. The van der Waals surface area contributed by atoms with E-state index in [9.17, 15) is 4.79 Å². The quantitative estimate of drug-likeness (QED) is 0.737. The van der Waals surface area contributed by atoms with E-state index < -0.39 is 5.60 Å². The Balaban J connectivity index is 2.44. The van der Waals surface area contributed by atoms with Gasteiger partial charge in [0.2, 0.25) is 0 Å². The molecule has 110 valence electrons. The molecule has 0 aromatic heterocycles. The van der Waals surface area contributed by atoms with Gasteiger partial charge in [0.15, 0.2) is 0 Å². The summed E-state index contributed by atoms with van der Waals surface area (Å²) in [5, 5.41) is 0. The monoisotopic (exact) mass is 269 g/mol. The number of piperidine rings is 1. The Kier molecular flexibility index (Phi) is 5.02. The first-order valence-corrected chi connectivity index (χ1v) is 6.88. The van der Waals surface area contributed by atoms with Crippen LogP contribution in [0, 0.1) is 0 Å². The molecule has 1 aliphatic heterocycles. The molecule has 0 atom stereocenters. The highest BCUT2D eigenvalue weighted by molar-refractivity contribution is 5.68. The van der Waals surface area contributed by atoms with Gasteiger partial charge in [0.1, 0.15) is 5.60 Å². The number of rotatable bonds is 3. The largest absolute Gasteiger partial charge is 0.444 e. The number of ether oxygens (including phenoxy) is 2. The summed E-state index contributed by atoms with van der Waals surface area (Å²) < 4.78 is 11.3. The third-order valence-electron chi connectivity index (χ3n) is 3.14. The summed E-state index contributed by atoms with van der Waals surface area (Å²) in [5.41, 5.74) is 0.432. The van der Waals surface area contributed by atoms with Gasteiger partial charge in [-0.3, -0.25) is 0 Å². The molecule has 1 amide bonds. The van der Waals surface area contributed by atoms with E-state index in [1.165, 1.54) is 0 Å². The zero-order valence-electron chi connectivity index (χ0n) is 12.9. The Bertz CT molecular complexity index is 336. The van der Waals surface area contributed by atoms with Crippen LogP contribution in [0.1, 0.15) is 47.5 Å². The van der Waals surface area contributed by atoms with Crippen molar-refractivity contribution in [1.29, 1.82) is 0 Å². The fraction of sp³-hybridized carbons (Fsp3) is 0.800. The van der Waals surface area contributed by atoms with Gasteiger partial charge in [0, 0.05) is 13.1 Å². The van der Waals surface area contributed by atoms with Crippen LogP contribution < -0.4 is 0 Å². The molecule has 0 aromatic carbocycles. The van der Waals surface area contributed by atoms with E-state index in [2.05, 4.69) is 13.5 Å². The van der Waals surface area contributed by atoms with Crippen LogP contribution in [0.4, 0.5) is 4.79 Å². The molecule has 1 fully saturated rings. The molecule has 0 bridgehead atoms. The Morgan fingerprint density at radius 3 is 2.26 bits per heavy atom. The lowest BCUT2D eigenvalue weighted by atomic mass is 9.93. The van der Waals surface area contributed by atoms with Crippen molar-refractivity contribution in [3.63, 3.8) is 0 Å². The van der Waals surface area contributed by atoms with Gasteiger partial charge in [0.25, 0.3) is 0 Å².